The van der Waals surface area contributed by atoms with Gasteiger partial charge in [-0.15, -0.1) is 11.3 Å². The number of esters is 1. The first-order chi connectivity index (χ1) is 10.9. The highest BCUT2D eigenvalue weighted by Crippen LogP contribution is 2.23. The average Bonchev–Trinajstić information content (AvgIpc) is 2.93. The second-order valence-electron chi connectivity index (χ2n) is 4.91. The number of aryl methyl sites for hydroxylation is 1. The lowest BCUT2D eigenvalue weighted by atomic mass is 10.2. The zero-order valence-electron chi connectivity index (χ0n) is 12.7. The third-order valence-electron chi connectivity index (χ3n) is 2.96. The van der Waals surface area contributed by atoms with Crippen molar-refractivity contribution in [3.8, 4) is 0 Å². The molecule has 1 atom stereocenters. The first-order valence-electron chi connectivity index (χ1n) is 6.95. The molecule has 2 rings (SSSR count). The molecule has 1 amide bonds. The summed E-state index contributed by atoms with van der Waals surface area (Å²) in [5, 5.41) is 2.71. The topological polar surface area (TPSA) is 55.4 Å². The second-order valence-corrected chi connectivity index (χ2v) is 7.40. The molecule has 0 aliphatic rings. The third kappa shape index (κ3) is 5.65. The van der Waals surface area contributed by atoms with E-state index in [2.05, 4.69) is 21.2 Å². The lowest BCUT2D eigenvalue weighted by Gasteiger charge is -2.12. The summed E-state index contributed by atoms with van der Waals surface area (Å²) < 4.78 is 6.07. The van der Waals surface area contributed by atoms with Crippen molar-refractivity contribution in [2.75, 3.05) is 5.32 Å². The normalized spacial score (nSPS) is 12.1. The molecule has 0 fully saturated rings. The molecule has 2 aromatic rings. The van der Waals surface area contributed by atoms with Crippen molar-refractivity contribution in [2.45, 2.75) is 20.0 Å². The molecule has 0 saturated heterocycles. The Bertz CT molecular complexity index is 722. The monoisotopic (exact) mass is 393 g/mol. The number of halogens is 1. The van der Waals surface area contributed by atoms with Gasteiger partial charge >= 0.3 is 5.97 Å². The summed E-state index contributed by atoms with van der Waals surface area (Å²) in [5.74, 6) is -0.921. The molecule has 0 aliphatic carbocycles. The highest BCUT2D eigenvalue weighted by molar-refractivity contribution is 9.11. The van der Waals surface area contributed by atoms with Crippen molar-refractivity contribution in [1.82, 2.24) is 0 Å². The molecule has 0 bridgehead atoms. The Balaban J connectivity index is 1.86. The smallest absolute Gasteiger partial charge is 0.331 e. The molecule has 4 nitrogen and oxygen atoms in total. The van der Waals surface area contributed by atoms with Crippen LogP contribution in [0.3, 0.4) is 0 Å². The first-order valence-corrected chi connectivity index (χ1v) is 8.56. The number of amides is 1. The average molecular weight is 394 g/mol. The zero-order valence-corrected chi connectivity index (χ0v) is 15.1. The second kappa shape index (κ2) is 8.08. The summed E-state index contributed by atoms with van der Waals surface area (Å²) in [6.07, 6.45) is 2.10. The number of hydrogen-bond acceptors (Lipinski definition) is 4. The summed E-state index contributed by atoms with van der Waals surface area (Å²) >= 11 is 4.85. The Labute approximate surface area is 147 Å². The highest BCUT2D eigenvalue weighted by Gasteiger charge is 2.16. The van der Waals surface area contributed by atoms with Crippen LogP contribution in [0.2, 0.25) is 0 Å². The number of benzene rings is 1. The maximum Gasteiger partial charge on any atom is 0.331 e. The lowest BCUT2D eigenvalue weighted by molar-refractivity contribution is -0.148. The van der Waals surface area contributed by atoms with Gasteiger partial charge in [-0.05, 0) is 60.1 Å². The van der Waals surface area contributed by atoms with Gasteiger partial charge in [0.1, 0.15) is 0 Å². The summed E-state index contributed by atoms with van der Waals surface area (Å²) in [4.78, 5) is 24.7. The van der Waals surface area contributed by atoms with Gasteiger partial charge in [-0.1, -0.05) is 17.7 Å². The van der Waals surface area contributed by atoms with E-state index in [9.17, 15) is 9.59 Å². The molecule has 0 radical (unpaired) electrons. The minimum Gasteiger partial charge on any atom is -0.449 e. The fourth-order valence-electron chi connectivity index (χ4n) is 1.72. The van der Waals surface area contributed by atoms with Gasteiger partial charge in [0.15, 0.2) is 6.10 Å². The number of ether oxygens (including phenoxy) is 1. The van der Waals surface area contributed by atoms with E-state index in [1.165, 1.54) is 24.3 Å². The molecule has 1 N–H and O–H groups in total. The molecule has 120 valence electrons. The molecule has 0 aliphatic heterocycles. The van der Waals surface area contributed by atoms with E-state index < -0.39 is 12.1 Å². The van der Waals surface area contributed by atoms with Gasteiger partial charge in [-0.2, -0.15) is 0 Å². The van der Waals surface area contributed by atoms with Crippen molar-refractivity contribution >= 4 is 50.9 Å². The van der Waals surface area contributed by atoms with Crippen LogP contribution in [0.15, 0.2) is 46.3 Å². The van der Waals surface area contributed by atoms with E-state index in [4.69, 9.17) is 4.74 Å². The number of carbonyl (C=O) groups is 2. The predicted molar refractivity (Wildman–Crippen MR) is 96.4 cm³/mol. The van der Waals surface area contributed by atoms with Crippen molar-refractivity contribution < 1.29 is 14.3 Å². The number of hydrogen-bond donors (Lipinski definition) is 1. The predicted octanol–water partition coefficient (Wildman–Crippen LogP) is 4.40. The molecule has 1 heterocycles. The summed E-state index contributed by atoms with van der Waals surface area (Å²) in [6.45, 7) is 3.51. The van der Waals surface area contributed by atoms with E-state index in [-0.39, 0.29) is 5.91 Å². The molecule has 0 spiro atoms. The fourth-order valence-corrected chi connectivity index (χ4v) is 3.04. The lowest BCUT2D eigenvalue weighted by Crippen LogP contribution is -2.29. The Morgan fingerprint density at radius 2 is 1.91 bits per heavy atom. The van der Waals surface area contributed by atoms with Crippen LogP contribution in [-0.4, -0.2) is 18.0 Å². The van der Waals surface area contributed by atoms with Gasteiger partial charge in [0.2, 0.25) is 0 Å². The Morgan fingerprint density at radius 3 is 2.52 bits per heavy atom. The quantitative estimate of drug-likeness (QED) is 0.604. The molecule has 0 unspecified atom stereocenters. The molecule has 23 heavy (non-hydrogen) atoms. The molecular formula is C17H16BrNO3S. The summed E-state index contributed by atoms with van der Waals surface area (Å²) in [7, 11) is 0. The van der Waals surface area contributed by atoms with Crippen LogP contribution in [-0.2, 0) is 14.3 Å². The number of anilines is 1. The Hall–Kier alpha value is -1.92. The van der Waals surface area contributed by atoms with Crippen molar-refractivity contribution in [3.63, 3.8) is 0 Å². The SMILES string of the molecule is Cc1ccc(NC(=O)[C@H](C)OC(=O)/C=C/c2ccc(Br)s2)cc1. The van der Waals surface area contributed by atoms with E-state index in [0.29, 0.717) is 5.69 Å². The largest absolute Gasteiger partial charge is 0.449 e. The van der Waals surface area contributed by atoms with Gasteiger partial charge in [0.05, 0.1) is 3.79 Å². The summed E-state index contributed by atoms with van der Waals surface area (Å²) in [5.41, 5.74) is 1.77. The number of rotatable bonds is 5. The van der Waals surface area contributed by atoms with Gasteiger partial charge < -0.3 is 10.1 Å². The van der Waals surface area contributed by atoms with Crippen LogP contribution in [0.5, 0.6) is 0 Å². The standard InChI is InChI=1S/C17H16BrNO3S/c1-11-3-5-13(6-4-11)19-17(21)12(2)22-16(20)10-8-14-7-9-15(18)23-14/h3-10,12H,1-2H3,(H,19,21)/b10-8+/t12-/m0/s1. The van der Waals surface area contributed by atoms with E-state index in [1.807, 2.05) is 31.2 Å². The fraction of sp³-hybridized carbons (Fsp3) is 0.176. The molecule has 0 saturated carbocycles. The van der Waals surface area contributed by atoms with Crippen LogP contribution < -0.4 is 5.32 Å². The van der Waals surface area contributed by atoms with Gasteiger partial charge in [-0.3, -0.25) is 4.79 Å². The van der Waals surface area contributed by atoms with E-state index in [1.54, 1.807) is 18.2 Å². The molecule has 1 aromatic carbocycles. The minimum atomic E-state index is -0.872. The number of nitrogens with one attached hydrogen (secondary N) is 1. The van der Waals surface area contributed by atoms with E-state index >= 15 is 0 Å². The van der Waals surface area contributed by atoms with Crippen LogP contribution >= 0.6 is 27.3 Å². The van der Waals surface area contributed by atoms with Crippen LogP contribution in [0, 0.1) is 6.92 Å². The van der Waals surface area contributed by atoms with Crippen molar-refractivity contribution in [2.24, 2.45) is 0 Å². The highest BCUT2D eigenvalue weighted by atomic mass is 79.9. The zero-order chi connectivity index (χ0) is 16.8. The first kappa shape index (κ1) is 17.4. The van der Waals surface area contributed by atoms with Crippen molar-refractivity contribution in [1.29, 1.82) is 0 Å². The summed E-state index contributed by atoms with van der Waals surface area (Å²) in [6, 6.07) is 11.2. The van der Waals surface area contributed by atoms with Gasteiger partial charge in [0, 0.05) is 16.6 Å². The van der Waals surface area contributed by atoms with Crippen molar-refractivity contribution in [3.05, 3.63) is 56.7 Å². The Kier molecular flexibility index (Phi) is 6.12. The van der Waals surface area contributed by atoms with Crippen LogP contribution in [0.4, 0.5) is 5.69 Å². The third-order valence-corrected chi connectivity index (χ3v) is 4.55. The maximum atomic E-state index is 12.0. The van der Waals surface area contributed by atoms with E-state index in [0.717, 1.165) is 14.2 Å². The molecular weight excluding hydrogens is 378 g/mol. The maximum absolute atomic E-state index is 12.0. The Morgan fingerprint density at radius 1 is 1.22 bits per heavy atom. The molecule has 1 aromatic heterocycles. The van der Waals surface area contributed by atoms with Gasteiger partial charge in [0.25, 0.3) is 5.91 Å². The van der Waals surface area contributed by atoms with Crippen LogP contribution in [0.1, 0.15) is 17.4 Å². The molecule has 6 heteroatoms. The number of carbonyl (C=O) groups excluding carboxylic acids is 2. The number of thiophene rings is 1. The minimum absolute atomic E-state index is 0.366. The van der Waals surface area contributed by atoms with Gasteiger partial charge in [-0.25, -0.2) is 4.79 Å². The van der Waals surface area contributed by atoms with Crippen LogP contribution in [0.25, 0.3) is 6.08 Å².